The fraction of sp³-hybridized carbons (Fsp3) is 0.882. The van der Waals surface area contributed by atoms with E-state index < -0.39 is 0 Å². The van der Waals surface area contributed by atoms with Crippen molar-refractivity contribution in [3.05, 3.63) is 0 Å². The molecular formula is C17H36IN5O. The third-order valence-electron chi connectivity index (χ3n) is 4.08. The molecule has 1 aliphatic rings. The summed E-state index contributed by atoms with van der Waals surface area (Å²) in [6.07, 6.45) is 3.53. The third-order valence-corrected chi connectivity index (χ3v) is 4.08. The van der Waals surface area contributed by atoms with Crippen molar-refractivity contribution in [2.24, 2.45) is 10.4 Å². The minimum Gasteiger partial charge on any atom is -0.355 e. The van der Waals surface area contributed by atoms with Gasteiger partial charge in [0.2, 0.25) is 5.91 Å². The van der Waals surface area contributed by atoms with Crippen molar-refractivity contribution in [2.45, 2.75) is 53.0 Å². The first kappa shape index (κ1) is 23.4. The Labute approximate surface area is 164 Å². The van der Waals surface area contributed by atoms with Gasteiger partial charge in [-0.1, -0.05) is 27.7 Å². The second kappa shape index (κ2) is 11.9. The normalized spacial score (nSPS) is 17.1. The number of carbonyl (C=O) groups excluding carboxylic acids is 1. The Morgan fingerprint density at radius 3 is 2.25 bits per heavy atom. The van der Waals surface area contributed by atoms with Crippen LogP contribution in [0.1, 0.15) is 47.0 Å². The molecule has 24 heavy (non-hydrogen) atoms. The smallest absolute Gasteiger partial charge is 0.225 e. The van der Waals surface area contributed by atoms with Crippen LogP contribution in [-0.2, 0) is 4.79 Å². The second-order valence-electron chi connectivity index (χ2n) is 7.27. The summed E-state index contributed by atoms with van der Waals surface area (Å²) in [6, 6.07) is 0.485. The molecule has 0 atom stereocenters. The molecule has 0 unspecified atom stereocenters. The molecule has 0 bridgehead atoms. The predicted octanol–water partition coefficient (Wildman–Crippen LogP) is 1.81. The lowest BCUT2D eigenvalue weighted by atomic mass is 9.96. The topological polar surface area (TPSA) is 68.8 Å². The van der Waals surface area contributed by atoms with Gasteiger partial charge in [0, 0.05) is 44.7 Å². The van der Waals surface area contributed by atoms with E-state index in [9.17, 15) is 4.79 Å². The van der Waals surface area contributed by atoms with Gasteiger partial charge in [-0.05, 0) is 25.8 Å². The maximum atomic E-state index is 11.8. The van der Waals surface area contributed by atoms with Crippen molar-refractivity contribution < 1.29 is 4.79 Å². The first-order valence-corrected chi connectivity index (χ1v) is 8.84. The van der Waals surface area contributed by atoms with Crippen LogP contribution in [0.15, 0.2) is 4.99 Å². The quantitative estimate of drug-likeness (QED) is 0.248. The first-order chi connectivity index (χ1) is 10.9. The zero-order valence-corrected chi connectivity index (χ0v) is 18.3. The number of piperidine rings is 1. The van der Waals surface area contributed by atoms with Crippen molar-refractivity contribution >= 4 is 35.8 Å². The molecule has 1 heterocycles. The van der Waals surface area contributed by atoms with E-state index in [0.717, 1.165) is 31.9 Å². The molecule has 0 spiro atoms. The Morgan fingerprint density at radius 1 is 1.17 bits per heavy atom. The lowest BCUT2D eigenvalue weighted by molar-refractivity contribution is -0.128. The van der Waals surface area contributed by atoms with Gasteiger partial charge in [-0.15, -0.1) is 24.0 Å². The van der Waals surface area contributed by atoms with Crippen LogP contribution in [-0.4, -0.2) is 62.6 Å². The molecule has 1 fully saturated rings. The number of guanidine groups is 1. The maximum absolute atomic E-state index is 11.8. The highest BCUT2D eigenvalue weighted by molar-refractivity contribution is 14.0. The second-order valence-corrected chi connectivity index (χ2v) is 7.27. The molecule has 1 amide bonds. The molecule has 0 saturated carbocycles. The standard InChI is InChI=1S/C17H35N5O.HI/c1-6-11-22-12-7-14(8-13-22)21-16(18-5)20-10-9-19-15(23)17(2,3)4;/h14H,6-13H2,1-5H3,(H,19,23)(H2,18,20,21);1H. The van der Waals surface area contributed by atoms with E-state index in [1.165, 1.54) is 13.0 Å². The Kier molecular flexibility index (Phi) is 11.6. The molecule has 0 aromatic rings. The number of hydrogen-bond donors (Lipinski definition) is 3. The molecule has 142 valence electrons. The predicted molar refractivity (Wildman–Crippen MR) is 112 cm³/mol. The number of hydrogen-bond acceptors (Lipinski definition) is 3. The molecule has 0 aromatic carbocycles. The van der Waals surface area contributed by atoms with Gasteiger partial charge in [-0.25, -0.2) is 0 Å². The highest BCUT2D eigenvalue weighted by Crippen LogP contribution is 2.12. The Balaban J connectivity index is 0.00000529. The fourth-order valence-corrected chi connectivity index (χ4v) is 2.63. The monoisotopic (exact) mass is 453 g/mol. The lowest BCUT2D eigenvalue weighted by Gasteiger charge is -2.32. The van der Waals surface area contributed by atoms with Gasteiger partial charge in [-0.3, -0.25) is 9.79 Å². The molecule has 1 aliphatic heterocycles. The SMILES string of the molecule is CCCN1CCC(NC(=NC)NCCNC(=O)C(C)(C)C)CC1.I. The third kappa shape index (κ3) is 9.05. The Morgan fingerprint density at radius 2 is 1.75 bits per heavy atom. The molecule has 6 nitrogen and oxygen atoms in total. The van der Waals surface area contributed by atoms with Gasteiger partial charge in [0.25, 0.3) is 0 Å². The Bertz CT molecular complexity index is 387. The van der Waals surface area contributed by atoms with Crippen LogP contribution in [0.2, 0.25) is 0 Å². The van der Waals surface area contributed by atoms with Crippen LogP contribution in [0.25, 0.3) is 0 Å². The van der Waals surface area contributed by atoms with Gasteiger partial charge in [-0.2, -0.15) is 0 Å². The molecule has 1 rings (SSSR count). The highest BCUT2D eigenvalue weighted by Gasteiger charge is 2.21. The fourth-order valence-electron chi connectivity index (χ4n) is 2.63. The minimum atomic E-state index is -0.341. The average molecular weight is 453 g/mol. The maximum Gasteiger partial charge on any atom is 0.225 e. The van der Waals surface area contributed by atoms with Gasteiger partial charge in [0.05, 0.1) is 0 Å². The van der Waals surface area contributed by atoms with E-state index in [2.05, 4.69) is 32.8 Å². The summed E-state index contributed by atoms with van der Waals surface area (Å²) in [5.74, 6) is 0.898. The summed E-state index contributed by atoms with van der Waals surface area (Å²) in [5.41, 5.74) is -0.341. The number of halogens is 1. The van der Waals surface area contributed by atoms with Crippen molar-refractivity contribution in [2.75, 3.05) is 39.8 Å². The van der Waals surface area contributed by atoms with Crippen molar-refractivity contribution in [3.8, 4) is 0 Å². The Hall–Kier alpha value is -0.570. The summed E-state index contributed by atoms with van der Waals surface area (Å²) in [5, 5.41) is 9.69. The number of rotatable bonds is 6. The highest BCUT2D eigenvalue weighted by atomic mass is 127. The van der Waals surface area contributed by atoms with Crippen LogP contribution in [0, 0.1) is 5.41 Å². The zero-order valence-electron chi connectivity index (χ0n) is 15.9. The number of nitrogens with one attached hydrogen (secondary N) is 3. The van der Waals surface area contributed by atoms with Gasteiger partial charge >= 0.3 is 0 Å². The summed E-state index contributed by atoms with van der Waals surface area (Å²) < 4.78 is 0. The number of carbonyl (C=O) groups is 1. The number of amides is 1. The van der Waals surface area contributed by atoms with Crippen LogP contribution in [0.3, 0.4) is 0 Å². The van der Waals surface area contributed by atoms with E-state index in [0.29, 0.717) is 19.1 Å². The summed E-state index contributed by atoms with van der Waals surface area (Å²) >= 11 is 0. The summed E-state index contributed by atoms with van der Waals surface area (Å²) in [6.45, 7) is 12.8. The van der Waals surface area contributed by atoms with E-state index >= 15 is 0 Å². The summed E-state index contributed by atoms with van der Waals surface area (Å²) in [4.78, 5) is 18.6. The largest absolute Gasteiger partial charge is 0.355 e. The van der Waals surface area contributed by atoms with Crippen molar-refractivity contribution in [1.82, 2.24) is 20.9 Å². The molecule has 1 saturated heterocycles. The lowest BCUT2D eigenvalue weighted by Crippen LogP contribution is -2.50. The number of aliphatic imine (C=N–C) groups is 1. The summed E-state index contributed by atoms with van der Waals surface area (Å²) in [7, 11) is 1.79. The average Bonchev–Trinajstić information content (AvgIpc) is 2.51. The van der Waals surface area contributed by atoms with Gasteiger partial charge < -0.3 is 20.9 Å². The van der Waals surface area contributed by atoms with Crippen LogP contribution < -0.4 is 16.0 Å². The molecule has 0 aliphatic carbocycles. The van der Waals surface area contributed by atoms with E-state index in [4.69, 9.17) is 0 Å². The van der Waals surface area contributed by atoms with Gasteiger partial charge in [0.1, 0.15) is 0 Å². The van der Waals surface area contributed by atoms with E-state index in [1.807, 2.05) is 20.8 Å². The molecule has 0 aromatic heterocycles. The molecule has 3 N–H and O–H groups in total. The molecule has 0 radical (unpaired) electrons. The van der Waals surface area contributed by atoms with Crippen molar-refractivity contribution in [3.63, 3.8) is 0 Å². The number of nitrogens with zero attached hydrogens (tertiary/aromatic N) is 2. The van der Waals surface area contributed by atoms with Crippen LogP contribution >= 0.6 is 24.0 Å². The van der Waals surface area contributed by atoms with Crippen LogP contribution in [0.4, 0.5) is 0 Å². The van der Waals surface area contributed by atoms with Crippen LogP contribution in [0.5, 0.6) is 0 Å². The van der Waals surface area contributed by atoms with E-state index in [1.54, 1.807) is 7.05 Å². The van der Waals surface area contributed by atoms with E-state index in [-0.39, 0.29) is 35.3 Å². The first-order valence-electron chi connectivity index (χ1n) is 8.84. The molecular weight excluding hydrogens is 417 g/mol. The minimum absolute atomic E-state index is 0. The number of likely N-dealkylation sites (tertiary alicyclic amines) is 1. The van der Waals surface area contributed by atoms with Crippen molar-refractivity contribution in [1.29, 1.82) is 0 Å². The zero-order chi connectivity index (χ0) is 17.3. The van der Waals surface area contributed by atoms with Gasteiger partial charge in [0.15, 0.2) is 5.96 Å². The molecule has 7 heteroatoms.